The van der Waals surface area contributed by atoms with E-state index < -0.39 is 0 Å². The number of rotatable bonds is 3. The number of benzene rings is 2. The number of methoxy groups -OCH3 is 1. The fourth-order valence-electron chi connectivity index (χ4n) is 3.73. The minimum Gasteiger partial charge on any atom is -0.497 e. The standard InChI is InChI=1S/C21H21ClN2O/c1-25-17-7-5-15(6-8-17)16-10-13-24(14-11-16)20-9-12-23-21-18(20)3-2-4-19(21)22/h2-9,12,16H,10-11,13-14H2,1H3. The van der Waals surface area contributed by atoms with Crippen LogP contribution in [0.25, 0.3) is 10.9 Å². The molecule has 1 saturated heterocycles. The highest BCUT2D eigenvalue weighted by atomic mass is 35.5. The molecule has 2 heterocycles. The Morgan fingerprint density at radius 3 is 2.52 bits per heavy atom. The molecule has 1 fully saturated rings. The second-order valence-electron chi connectivity index (χ2n) is 6.50. The predicted octanol–water partition coefficient (Wildman–Crippen LogP) is 5.28. The summed E-state index contributed by atoms with van der Waals surface area (Å²) in [6, 6.07) is 16.6. The number of anilines is 1. The topological polar surface area (TPSA) is 25.4 Å². The van der Waals surface area contributed by atoms with Gasteiger partial charge in [0.15, 0.2) is 0 Å². The predicted molar refractivity (Wildman–Crippen MR) is 104 cm³/mol. The molecule has 0 atom stereocenters. The van der Waals surface area contributed by atoms with Crippen LogP contribution in [0.5, 0.6) is 5.75 Å². The Balaban J connectivity index is 1.53. The number of aromatic nitrogens is 1. The van der Waals surface area contributed by atoms with Gasteiger partial charge in [-0.15, -0.1) is 0 Å². The van der Waals surface area contributed by atoms with Crippen LogP contribution in [0.2, 0.25) is 5.02 Å². The van der Waals surface area contributed by atoms with Crippen molar-refractivity contribution < 1.29 is 4.74 Å². The SMILES string of the molecule is COc1ccc(C2CCN(c3ccnc4c(Cl)cccc34)CC2)cc1. The molecule has 0 unspecified atom stereocenters. The Morgan fingerprint density at radius 1 is 1.04 bits per heavy atom. The van der Waals surface area contributed by atoms with Crippen LogP contribution >= 0.6 is 11.6 Å². The average molecular weight is 353 g/mol. The zero-order chi connectivity index (χ0) is 17.2. The number of para-hydroxylation sites is 1. The van der Waals surface area contributed by atoms with Gasteiger partial charge in [0.1, 0.15) is 5.75 Å². The van der Waals surface area contributed by atoms with Crippen LogP contribution in [-0.4, -0.2) is 25.2 Å². The molecule has 1 aromatic heterocycles. The summed E-state index contributed by atoms with van der Waals surface area (Å²) in [7, 11) is 1.71. The molecule has 0 N–H and O–H groups in total. The first-order chi connectivity index (χ1) is 12.3. The van der Waals surface area contributed by atoms with Crippen molar-refractivity contribution in [1.29, 1.82) is 0 Å². The molecule has 25 heavy (non-hydrogen) atoms. The van der Waals surface area contributed by atoms with Crippen LogP contribution in [0.3, 0.4) is 0 Å². The van der Waals surface area contributed by atoms with Gasteiger partial charge >= 0.3 is 0 Å². The zero-order valence-electron chi connectivity index (χ0n) is 14.3. The fraction of sp³-hybridized carbons (Fsp3) is 0.286. The van der Waals surface area contributed by atoms with Gasteiger partial charge in [-0.25, -0.2) is 0 Å². The maximum absolute atomic E-state index is 6.30. The Labute approximate surface area is 153 Å². The first kappa shape index (κ1) is 16.2. The number of pyridine rings is 1. The molecule has 3 aromatic rings. The molecule has 1 aliphatic rings. The van der Waals surface area contributed by atoms with Gasteiger partial charge < -0.3 is 9.64 Å². The highest BCUT2D eigenvalue weighted by molar-refractivity contribution is 6.35. The summed E-state index contributed by atoms with van der Waals surface area (Å²) in [5.74, 6) is 1.53. The number of nitrogens with zero attached hydrogens (tertiary/aromatic N) is 2. The van der Waals surface area contributed by atoms with Gasteiger partial charge in [0, 0.05) is 30.4 Å². The molecule has 3 nitrogen and oxygen atoms in total. The Bertz CT molecular complexity index is 871. The highest BCUT2D eigenvalue weighted by Crippen LogP contribution is 2.35. The lowest BCUT2D eigenvalue weighted by atomic mass is 9.89. The minimum atomic E-state index is 0.610. The normalized spacial score (nSPS) is 15.5. The summed E-state index contributed by atoms with van der Waals surface area (Å²) in [5, 5.41) is 1.85. The van der Waals surface area contributed by atoms with E-state index in [0.717, 1.165) is 42.6 Å². The number of hydrogen-bond acceptors (Lipinski definition) is 3. The van der Waals surface area contributed by atoms with Crippen molar-refractivity contribution in [3.63, 3.8) is 0 Å². The molecule has 0 aliphatic carbocycles. The minimum absolute atomic E-state index is 0.610. The van der Waals surface area contributed by atoms with E-state index in [2.05, 4.69) is 46.3 Å². The third kappa shape index (κ3) is 3.16. The molecule has 1 aliphatic heterocycles. The number of hydrogen-bond donors (Lipinski definition) is 0. The van der Waals surface area contributed by atoms with E-state index in [1.54, 1.807) is 7.11 Å². The number of halogens is 1. The molecule has 0 radical (unpaired) electrons. The first-order valence-corrected chi connectivity index (χ1v) is 9.06. The van der Waals surface area contributed by atoms with Crippen LogP contribution in [0.4, 0.5) is 5.69 Å². The number of piperidine rings is 1. The van der Waals surface area contributed by atoms with Crippen LogP contribution in [0.1, 0.15) is 24.3 Å². The van der Waals surface area contributed by atoms with Gasteiger partial charge in [0.2, 0.25) is 0 Å². The molecule has 128 valence electrons. The second-order valence-corrected chi connectivity index (χ2v) is 6.91. The summed E-state index contributed by atoms with van der Waals surface area (Å²) in [5.41, 5.74) is 3.53. The number of fused-ring (bicyclic) bond motifs is 1. The molecule has 2 aromatic carbocycles. The first-order valence-electron chi connectivity index (χ1n) is 8.68. The molecule has 0 spiro atoms. The van der Waals surface area contributed by atoms with Crippen LogP contribution in [0, 0.1) is 0 Å². The Morgan fingerprint density at radius 2 is 1.80 bits per heavy atom. The van der Waals surface area contributed by atoms with Gasteiger partial charge in [0.25, 0.3) is 0 Å². The molecular formula is C21H21ClN2O. The van der Waals surface area contributed by atoms with Crippen molar-refractivity contribution in [2.45, 2.75) is 18.8 Å². The molecule has 4 rings (SSSR count). The van der Waals surface area contributed by atoms with Gasteiger partial charge in [-0.2, -0.15) is 0 Å². The molecule has 0 bridgehead atoms. The lowest BCUT2D eigenvalue weighted by molar-refractivity contribution is 0.414. The van der Waals surface area contributed by atoms with Crippen molar-refractivity contribution in [1.82, 2.24) is 4.98 Å². The van der Waals surface area contributed by atoms with Gasteiger partial charge in [0.05, 0.1) is 17.6 Å². The van der Waals surface area contributed by atoms with Crippen molar-refractivity contribution in [3.8, 4) is 5.75 Å². The average Bonchev–Trinajstić information content (AvgIpc) is 2.68. The molecule has 0 amide bonds. The van der Waals surface area contributed by atoms with Gasteiger partial charge in [-0.05, 0) is 48.6 Å². The molecule has 0 saturated carbocycles. The van der Waals surface area contributed by atoms with Crippen molar-refractivity contribution in [2.75, 3.05) is 25.1 Å². The smallest absolute Gasteiger partial charge is 0.118 e. The highest BCUT2D eigenvalue weighted by Gasteiger charge is 2.22. The Kier molecular flexibility index (Phi) is 4.50. The Hall–Kier alpha value is -2.26. The number of ether oxygens (including phenoxy) is 1. The van der Waals surface area contributed by atoms with Gasteiger partial charge in [-0.3, -0.25) is 4.98 Å². The molecule has 4 heteroatoms. The van der Waals surface area contributed by atoms with Crippen molar-refractivity contribution in [2.24, 2.45) is 0 Å². The van der Waals surface area contributed by atoms with Crippen LogP contribution in [-0.2, 0) is 0 Å². The summed E-state index contributed by atoms with van der Waals surface area (Å²) < 4.78 is 5.26. The van der Waals surface area contributed by atoms with Gasteiger partial charge in [-0.1, -0.05) is 35.9 Å². The van der Waals surface area contributed by atoms with Crippen molar-refractivity contribution >= 4 is 28.2 Å². The summed E-state index contributed by atoms with van der Waals surface area (Å²) in [4.78, 5) is 6.90. The maximum Gasteiger partial charge on any atom is 0.118 e. The van der Waals surface area contributed by atoms with E-state index in [0.29, 0.717) is 10.9 Å². The largest absolute Gasteiger partial charge is 0.497 e. The van der Waals surface area contributed by atoms with Crippen LogP contribution in [0.15, 0.2) is 54.7 Å². The zero-order valence-corrected chi connectivity index (χ0v) is 15.0. The van der Waals surface area contributed by atoms with E-state index in [-0.39, 0.29) is 0 Å². The lowest BCUT2D eigenvalue weighted by Crippen LogP contribution is -2.33. The third-order valence-corrected chi connectivity index (χ3v) is 5.43. The maximum atomic E-state index is 6.30. The van der Waals surface area contributed by atoms with E-state index in [9.17, 15) is 0 Å². The lowest BCUT2D eigenvalue weighted by Gasteiger charge is -2.34. The fourth-order valence-corrected chi connectivity index (χ4v) is 3.95. The quantitative estimate of drug-likeness (QED) is 0.641. The van der Waals surface area contributed by atoms with E-state index in [4.69, 9.17) is 16.3 Å². The second kappa shape index (κ2) is 6.93. The summed E-state index contributed by atoms with van der Waals surface area (Å²) in [6.07, 6.45) is 4.16. The monoisotopic (exact) mass is 352 g/mol. The van der Waals surface area contributed by atoms with Crippen LogP contribution < -0.4 is 9.64 Å². The van der Waals surface area contributed by atoms with Crippen molar-refractivity contribution in [3.05, 3.63) is 65.3 Å². The summed E-state index contributed by atoms with van der Waals surface area (Å²) >= 11 is 6.30. The molecular weight excluding hydrogens is 332 g/mol. The summed E-state index contributed by atoms with van der Waals surface area (Å²) in [6.45, 7) is 2.09. The van der Waals surface area contributed by atoms with E-state index in [1.165, 1.54) is 11.3 Å². The third-order valence-electron chi connectivity index (χ3n) is 5.12. The van der Waals surface area contributed by atoms with E-state index in [1.807, 2.05) is 18.3 Å². The van der Waals surface area contributed by atoms with E-state index >= 15 is 0 Å².